The second kappa shape index (κ2) is 4.52. The van der Waals surface area contributed by atoms with Gasteiger partial charge in [0, 0.05) is 18.5 Å². The van der Waals surface area contributed by atoms with Crippen molar-refractivity contribution < 1.29 is 0 Å². The lowest BCUT2D eigenvalue weighted by Crippen LogP contribution is -2.17. The van der Waals surface area contributed by atoms with Gasteiger partial charge in [-0.15, -0.1) is 0 Å². The van der Waals surface area contributed by atoms with Gasteiger partial charge in [-0.2, -0.15) is 16.9 Å². The van der Waals surface area contributed by atoms with Crippen LogP contribution in [0.4, 0.5) is 0 Å². The highest BCUT2D eigenvalue weighted by atomic mass is 32.2. The van der Waals surface area contributed by atoms with Crippen molar-refractivity contribution in [3.8, 4) is 0 Å². The molecule has 1 aromatic rings. The van der Waals surface area contributed by atoms with Gasteiger partial charge < -0.3 is 5.73 Å². The van der Waals surface area contributed by atoms with Gasteiger partial charge in [-0.25, -0.2) is 0 Å². The molecule has 1 atom stereocenters. The topological polar surface area (TPSA) is 43.8 Å². The van der Waals surface area contributed by atoms with E-state index in [2.05, 4.69) is 18.3 Å². The van der Waals surface area contributed by atoms with E-state index in [0.29, 0.717) is 0 Å². The van der Waals surface area contributed by atoms with Gasteiger partial charge in [-0.1, -0.05) is 0 Å². The van der Waals surface area contributed by atoms with E-state index in [4.69, 9.17) is 5.73 Å². The fourth-order valence-electron chi connectivity index (χ4n) is 1.19. The maximum atomic E-state index is 5.94. The first-order valence-electron chi connectivity index (χ1n) is 4.05. The molecule has 0 aliphatic heterocycles. The molecule has 4 heteroatoms. The zero-order chi connectivity index (χ0) is 8.97. The van der Waals surface area contributed by atoms with Gasteiger partial charge in [0.2, 0.25) is 0 Å². The maximum Gasteiger partial charge on any atom is 0.0559 e. The molecule has 0 radical (unpaired) electrons. The normalized spacial score (nSPS) is 13.2. The van der Waals surface area contributed by atoms with Crippen molar-refractivity contribution in [1.29, 1.82) is 0 Å². The lowest BCUT2D eigenvalue weighted by molar-refractivity contribution is 0.593. The molecule has 0 saturated carbocycles. The summed E-state index contributed by atoms with van der Waals surface area (Å²) in [6.45, 7) is 2.97. The van der Waals surface area contributed by atoms with E-state index in [1.165, 1.54) is 0 Å². The minimum Gasteiger partial charge on any atom is -0.322 e. The standard InChI is InChI=1S/C8H15N3S/c1-3-11-8(4-5-10-11)7(9)6-12-2/h4-5,7H,3,6,9H2,1-2H3. The van der Waals surface area contributed by atoms with Crippen molar-refractivity contribution in [3.63, 3.8) is 0 Å². The molecule has 1 aromatic heterocycles. The van der Waals surface area contributed by atoms with Crippen LogP contribution in [-0.4, -0.2) is 21.8 Å². The molecule has 1 heterocycles. The van der Waals surface area contributed by atoms with Crippen molar-refractivity contribution >= 4 is 11.8 Å². The second-order valence-corrected chi connectivity index (χ2v) is 3.54. The Kier molecular flexibility index (Phi) is 3.62. The predicted octanol–water partition coefficient (Wildman–Crippen LogP) is 1.27. The average molecular weight is 185 g/mol. The summed E-state index contributed by atoms with van der Waals surface area (Å²) in [5, 5.41) is 4.17. The number of nitrogens with zero attached hydrogens (tertiary/aromatic N) is 2. The molecule has 0 bridgehead atoms. The number of aromatic nitrogens is 2. The molecule has 2 N–H and O–H groups in total. The van der Waals surface area contributed by atoms with E-state index in [-0.39, 0.29) is 6.04 Å². The van der Waals surface area contributed by atoms with Crippen molar-refractivity contribution in [2.24, 2.45) is 5.73 Å². The predicted molar refractivity (Wildman–Crippen MR) is 53.2 cm³/mol. The summed E-state index contributed by atoms with van der Waals surface area (Å²) >= 11 is 1.76. The number of hydrogen-bond donors (Lipinski definition) is 1. The van der Waals surface area contributed by atoms with Crippen LogP contribution >= 0.6 is 11.8 Å². The zero-order valence-corrected chi connectivity index (χ0v) is 8.34. The molecule has 68 valence electrons. The number of rotatable bonds is 4. The molecule has 0 aliphatic carbocycles. The average Bonchev–Trinajstić information content (AvgIpc) is 2.51. The summed E-state index contributed by atoms with van der Waals surface area (Å²) in [4.78, 5) is 0. The fraction of sp³-hybridized carbons (Fsp3) is 0.625. The van der Waals surface area contributed by atoms with Crippen molar-refractivity contribution in [2.75, 3.05) is 12.0 Å². The van der Waals surface area contributed by atoms with Crippen LogP contribution in [0.2, 0.25) is 0 Å². The van der Waals surface area contributed by atoms with Crippen LogP contribution in [0.5, 0.6) is 0 Å². The van der Waals surface area contributed by atoms with Gasteiger partial charge >= 0.3 is 0 Å². The van der Waals surface area contributed by atoms with Gasteiger partial charge in [0.05, 0.1) is 11.7 Å². The van der Waals surface area contributed by atoms with Crippen LogP contribution in [0.3, 0.4) is 0 Å². The number of aryl methyl sites for hydroxylation is 1. The number of thioether (sulfide) groups is 1. The molecular formula is C8H15N3S. The van der Waals surface area contributed by atoms with Crippen LogP contribution in [0.25, 0.3) is 0 Å². The van der Waals surface area contributed by atoms with E-state index < -0.39 is 0 Å². The Morgan fingerprint density at radius 1 is 1.75 bits per heavy atom. The summed E-state index contributed by atoms with van der Waals surface area (Å²) in [6.07, 6.45) is 3.87. The Morgan fingerprint density at radius 3 is 3.08 bits per heavy atom. The highest BCUT2D eigenvalue weighted by molar-refractivity contribution is 7.98. The molecular weight excluding hydrogens is 170 g/mol. The van der Waals surface area contributed by atoms with E-state index >= 15 is 0 Å². The van der Waals surface area contributed by atoms with E-state index in [1.807, 2.05) is 10.7 Å². The van der Waals surface area contributed by atoms with Crippen LogP contribution in [-0.2, 0) is 6.54 Å². The molecule has 0 spiro atoms. The third kappa shape index (κ3) is 2.01. The lowest BCUT2D eigenvalue weighted by atomic mass is 10.2. The minimum atomic E-state index is 0.113. The van der Waals surface area contributed by atoms with Gasteiger partial charge in [0.1, 0.15) is 0 Å². The smallest absolute Gasteiger partial charge is 0.0559 e. The Hall–Kier alpha value is -0.480. The van der Waals surface area contributed by atoms with Crippen LogP contribution in [0.1, 0.15) is 18.7 Å². The van der Waals surface area contributed by atoms with Crippen LogP contribution < -0.4 is 5.73 Å². The van der Waals surface area contributed by atoms with E-state index in [0.717, 1.165) is 18.0 Å². The third-order valence-corrected chi connectivity index (χ3v) is 2.47. The molecule has 0 aliphatic rings. The summed E-state index contributed by atoms with van der Waals surface area (Å²) in [5.41, 5.74) is 7.08. The Bertz CT molecular complexity index is 234. The second-order valence-electron chi connectivity index (χ2n) is 2.63. The minimum absolute atomic E-state index is 0.113. The first kappa shape index (κ1) is 9.61. The molecule has 0 amide bonds. The maximum absolute atomic E-state index is 5.94. The summed E-state index contributed by atoms with van der Waals surface area (Å²) < 4.78 is 1.95. The van der Waals surface area contributed by atoms with Crippen molar-refractivity contribution in [3.05, 3.63) is 18.0 Å². The SMILES string of the molecule is CCn1nccc1C(N)CSC. The molecule has 3 nitrogen and oxygen atoms in total. The first-order valence-corrected chi connectivity index (χ1v) is 5.45. The lowest BCUT2D eigenvalue weighted by Gasteiger charge is -2.11. The number of hydrogen-bond acceptors (Lipinski definition) is 3. The molecule has 0 saturated heterocycles. The molecule has 0 aromatic carbocycles. The number of nitrogens with two attached hydrogens (primary N) is 1. The van der Waals surface area contributed by atoms with Crippen molar-refractivity contribution in [2.45, 2.75) is 19.5 Å². The molecule has 12 heavy (non-hydrogen) atoms. The highest BCUT2D eigenvalue weighted by Gasteiger charge is 2.09. The highest BCUT2D eigenvalue weighted by Crippen LogP contribution is 2.13. The van der Waals surface area contributed by atoms with Gasteiger partial charge in [-0.3, -0.25) is 4.68 Å². The largest absolute Gasteiger partial charge is 0.322 e. The fourth-order valence-corrected chi connectivity index (χ4v) is 1.72. The molecule has 1 rings (SSSR count). The molecule has 0 fully saturated rings. The quantitative estimate of drug-likeness (QED) is 0.768. The van der Waals surface area contributed by atoms with Gasteiger partial charge in [0.25, 0.3) is 0 Å². The van der Waals surface area contributed by atoms with Gasteiger partial charge in [0.15, 0.2) is 0 Å². The first-order chi connectivity index (χ1) is 5.79. The Balaban J connectivity index is 2.71. The Morgan fingerprint density at radius 2 is 2.50 bits per heavy atom. The third-order valence-electron chi connectivity index (χ3n) is 1.78. The Labute approximate surface area is 77.3 Å². The van der Waals surface area contributed by atoms with Crippen LogP contribution in [0.15, 0.2) is 12.3 Å². The van der Waals surface area contributed by atoms with Gasteiger partial charge in [-0.05, 0) is 19.2 Å². The van der Waals surface area contributed by atoms with Crippen molar-refractivity contribution in [1.82, 2.24) is 9.78 Å². The van der Waals surface area contributed by atoms with E-state index in [9.17, 15) is 0 Å². The zero-order valence-electron chi connectivity index (χ0n) is 7.53. The summed E-state index contributed by atoms with van der Waals surface area (Å²) in [6, 6.07) is 2.10. The van der Waals surface area contributed by atoms with E-state index in [1.54, 1.807) is 18.0 Å². The molecule has 1 unspecified atom stereocenters. The summed E-state index contributed by atoms with van der Waals surface area (Å²) in [5.74, 6) is 0.950. The van der Waals surface area contributed by atoms with Crippen LogP contribution in [0, 0.1) is 0 Å². The monoisotopic (exact) mass is 185 g/mol. The summed E-state index contributed by atoms with van der Waals surface area (Å²) in [7, 11) is 0.